The second-order valence-corrected chi connectivity index (χ2v) is 4.38. The van der Waals surface area contributed by atoms with Crippen molar-refractivity contribution in [1.82, 2.24) is 4.90 Å². The molecule has 78 valence electrons. The molecule has 1 heterocycles. The van der Waals surface area contributed by atoms with E-state index >= 15 is 0 Å². The van der Waals surface area contributed by atoms with Crippen LogP contribution >= 0.6 is 0 Å². The molecule has 1 N–H and O–H groups in total. The maximum Gasteiger partial charge on any atom is 0.0502 e. The number of hydrogen-bond acceptors (Lipinski definition) is 2. The highest BCUT2D eigenvalue weighted by molar-refractivity contribution is 4.93. The Labute approximate surface area is 81.9 Å². The summed E-state index contributed by atoms with van der Waals surface area (Å²) in [6, 6.07) is 0.580. The molecule has 1 saturated heterocycles. The lowest BCUT2D eigenvalue weighted by Crippen LogP contribution is -2.51. The Bertz CT molecular complexity index is 154. The molecule has 2 unspecified atom stereocenters. The molecule has 0 aromatic rings. The molecule has 0 radical (unpaired) electrons. The third kappa shape index (κ3) is 1.89. The minimum Gasteiger partial charge on any atom is -0.396 e. The van der Waals surface area contributed by atoms with Gasteiger partial charge in [0.05, 0.1) is 6.61 Å². The van der Waals surface area contributed by atoms with Crippen molar-refractivity contribution in [3.8, 4) is 0 Å². The molecule has 1 fully saturated rings. The average Bonchev–Trinajstić information content (AvgIpc) is 2.17. The number of hydrogen-bond donors (Lipinski definition) is 1. The van der Waals surface area contributed by atoms with Crippen LogP contribution in [0.2, 0.25) is 0 Å². The third-order valence-electron chi connectivity index (χ3n) is 3.83. The van der Waals surface area contributed by atoms with Crippen LogP contribution in [0.25, 0.3) is 0 Å². The molecule has 1 aliphatic heterocycles. The number of aliphatic hydroxyl groups is 1. The molecule has 0 aliphatic carbocycles. The van der Waals surface area contributed by atoms with Crippen molar-refractivity contribution < 1.29 is 5.11 Å². The first-order valence-corrected chi connectivity index (χ1v) is 5.51. The van der Waals surface area contributed by atoms with E-state index in [0.717, 1.165) is 12.8 Å². The lowest BCUT2D eigenvalue weighted by molar-refractivity contribution is -0.0192. The van der Waals surface area contributed by atoms with Crippen LogP contribution in [-0.2, 0) is 0 Å². The van der Waals surface area contributed by atoms with Crippen molar-refractivity contribution in [2.24, 2.45) is 5.41 Å². The van der Waals surface area contributed by atoms with Crippen LogP contribution in [0.3, 0.4) is 0 Å². The fraction of sp³-hybridized carbons (Fsp3) is 1.00. The zero-order chi connectivity index (χ0) is 9.90. The highest BCUT2D eigenvalue weighted by Gasteiger charge is 2.40. The van der Waals surface area contributed by atoms with Gasteiger partial charge in [0.25, 0.3) is 0 Å². The molecule has 2 heteroatoms. The molecular formula is C11H23NO. The predicted octanol–water partition coefficient (Wildman–Crippen LogP) is 1.88. The van der Waals surface area contributed by atoms with Crippen molar-refractivity contribution in [1.29, 1.82) is 0 Å². The van der Waals surface area contributed by atoms with Crippen molar-refractivity contribution >= 4 is 0 Å². The Hall–Kier alpha value is -0.0800. The van der Waals surface area contributed by atoms with Crippen LogP contribution < -0.4 is 0 Å². The summed E-state index contributed by atoms with van der Waals surface area (Å²) >= 11 is 0. The Balaban J connectivity index is 2.78. The van der Waals surface area contributed by atoms with E-state index in [0.29, 0.717) is 12.6 Å². The molecule has 2 nitrogen and oxygen atoms in total. The smallest absolute Gasteiger partial charge is 0.0502 e. The predicted molar refractivity (Wildman–Crippen MR) is 55.8 cm³/mol. The van der Waals surface area contributed by atoms with Crippen LogP contribution in [0, 0.1) is 5.41 Å². The van der Waals surface area contributed by atoms with Gasteiger partial charge in [0, 0.05) is 11.5 Å². The quantitative estimate of drug-likeness (QED) is 0.725. The summed E-state index contributed by atoms with van der Waals surface area (Å²) in [5.74, 6) is 0. The minimum absolute atomic E-state index is 0.182. The molecule has 0 aromatic carbocycles. The summed E-state index contributed by atoms with van der Waals surface area (Å²) in [5.41, 5.74) is 0.182. The molecule has 0 spiro atoms. The van der Waals surface area contributed by atoms with Gasteiger partial charge >= 0.3 is 0 Å². The van der Waals surface area contributed by atoms with E-state index in [1.165, 1.54) is 19.4 Å². The standard InChI is InChI=1S/C11H23NO/c1-4-10-11(5-2,9-13)7-6-8-12(10)3/h10,13H,4-9H2,1-3H3. The molecule has 1 aliphatic rings. The minimum atomic E-state index is 0.182. The molecule has 0 amide bonds. The van der Waals surface area contributed by atoms with E-state index < -0.39 is 0 Å². The molecule has 0 aromatic heterocycles. The zero-order valence-electron chi connectivity index (χ0n) is 9.21. The number of nitrogens with zero attached hydrogens (tertiary/aromatic N) is 1. The second kappa shape index (κ2) is 4.43. The largest absolute Gasteiger partial charge is 0.396 e. The van der Waals surface area contributed by atoms with Crippen molar-refractivity contribution in [2.45, 2.75) is 45.6 Å². The Morgan fingerprint density at radius 1 is 1.46 bits per heavy atom. The van der Waals surface area contributed by atoms with Gasteiger partial charge in [-0.2, -0.15) is 0 Å². The highest BCUT2D eigenvalue weighted by Crippen LogP contribution is 2.39. The zero-order valence-corrected chi connectivity index (χ0v) is 9.21. The van der Waals surface area contributed by atoms with E-state index in [9.17, 15) is 5.11 Å². The van der Waals surface area contributed by atoms with Gasteiger partial charge in [0.2, 0.25) is 0 Å². The highest BCUT2D eigenvalue weighted by atomic mass is 16.3. The van der Waals surface area contributed by atoms with Gasteiger partial charge in [-0.15, -0.1) is 0 Å². The molecular weight excluding hydrogens is 162 g/mol. The van der Waals surface area contributed by atoms with Gasteiger partial charge in [-0.05, 0) is 39.3 Å². The summed E-state index contributed by atoms with van der Waals surface area (Å²) in [6.45, 7) is 5.98. The number of piperidine rings is 1. The average molecular weight is 185 g/mol. The molecule has 0 bridgehead atoms. The first-order valence-electron chi connectivity index (χ1n) is 5.51. The first kappa shape index (κ1) is 11.0. The third-order valence-corrected chi connectivity index (χ3v) is 3.83. The Morgan fingerprint density at radius 3 is 2.54 bits per heavy atom. The maximum atomic E-state index is 9.53. The van der Waals surface area contributed by atoms with Crippen LogP contribution in [-0.4, -0.2) is 36.2 Å². The van der Waals surface area contributed by atoms with E-state index in [1.807, 2.05) is 0 Å². The normalized spacial score (nSPS) is 36.5. The summed E-state index contributed by atoms with van der Waals surface area (Å²) in [6.07, 6.45) is 4.70. The molecule has 1 rings (SSSR count). The van der Waals surface area contributed by atoms with E-state index in [4.69, 9.17) is 0 Å². The van der Waals surface area contributed by atoms with E-state index in [1.54, 1.807) is 0 Å². The second-order valence-electron chi connectivity index (χ2n) is 4.38. The number of aliphatic hydroxyl groups excluding tert-OH is 1. The Morgan fingerprint density at radius 2 is 2.15 bits per heavy atom. The molecule has 2 atom stereocenters. The van der Waals surface area contributed by atoms with Crippen LogP contribution in [0.5, 0.6) is 0 Å². The van der Waals surface area contributed by atoms with E-state index in [-0.39, 0.29) is 5.41 Å². The van der Waals surface area contributed by atoms with Gasteiger partial charge in [-0.1, -0.05) is 13.8 Å². The lowest BCUT2D eigenvalue weighted by atomic mass is 9.71. The van der Waals surface area contributed by atoms with Crippen molar-refractivity contribution in [2.75, 3.05) is 20.2 Å². The van der Waals surface area contributed by atoms with Crippen LogP contribution in [0.15, 0.2) is 0 Å². The van der Waals surface area contributed by atoms with Crippen LogP contribution in [0.4, 0.5) is 0 Å². The van der Waals surface area contributed by atoms with Gasteiger partial charge < -0.3 is 10.0 Å². The fourth-order valence-corrected chi connectivity index (χ4v) is 2.92. The molecule has 0 saturated carbocycles. The number of rotatable bonds is 3. The summed E-state index contributed by atoms with van der Waals surface area (Å²) in [7, 11) is 2.19. The van der Waals surface area contributed by atoms with Gasteiger partial charge in [-0.3, -0.25) is 0 Å². The monoisotopic (exact) mass is 185 g/mol. The molecule has 13 heavy (non-hydrogen) atoms. The topological polar surface area (TPSA) is 23.5 Å². The summed E-state index contributed by atoms with van der Waals surface area (Å²) in [5, 5.41) is 9.53. The van der Waals surface area contributed by atoms with E-state index in [2.05, 4.69) is 25.8 Å². The van der Waals surface area contributed by atoms with Gasteiger partial charge in [-0.25, -0.2) is 0 Å². The fourth-order valence-electron chi connectivity index (χ4n) is 2.92. The Kier molecular flexibility index (Phi) is 3.74. The van der Waals surface area contributed by atoms with Crippen LogP contribution in [0.1, 0.15) is 39.5 Å². The van der Waals surface area contributed by atoms with Crippen molar-refractivity contribution in [3.05, 3.63) is 0 Å². The van der Waals surface area contributed by atoms with Gasteiger partial charge in [0.1, 0.15) is 0 Å². The lowest BCUT2D eigenvalue weighted by Gasteiger charge is -2.47. The summed E-state index contributed by atoms with van der Waals surface area (Å²) < 4.78 is 0. The van der Waals surface area contributed by atoms with Crippen molar-refractivity contribution in [3.63, 3.8) is 0 Å². The maximum absolute atomic E-state index is 9.53. The first-order chi connectivity index (χ1) is 6.20. The van der Waals surface area contributed by atoms with Gasteiger partial charge in [0.15, 0.2) is 0 Å². The number of likely N-dealkylation sites (tertiary alicyclic amines) is 1. The summed E-state index contributed by atoms with van der Waals surface area (Å²) in [4.78, 5) is 2.42. The SMILES string of the molecule is CCC1N(C)CCCC1(CC)CO.